The second-order valence-corrected chi connectivity index (χ2v) is 4.43. The highest BCUT2D eigenvalue weighted by molar-refractivity contribution is 6.31. The maximum absolute atomic E-state index is 11.6. The molecule has 0 saturated heterocycles. The summed E-state index contributed by atoms with van der Waals surface area (Å²) >= 11 is 6.07. The summed E-state index contributed by atoms with van der Waals surface area (Å²) in [5.41, 5.74) is 0.955. The van der Waals surface area contributed by atoms with Crippen molar-refractivity contribution in [2.24, 2.45) is 0 Å². The number of nitrogens with one attached hydrogen (secondary N) is 2. The first kappa shape index (κ1) is 14.0. The summed E-state index contributed by atoms with van der Waals surface area (Å²) < 4.78 is 0. The first-order chi connectivity index (χ1) is 8.15. The topological polar surface area (TPSA) is 41.1 Å². The largest absolute Gasteiger partial charge is 0.350 e. The van der Waals surface area contributed by atoms with Crippen LogP contribution in [0.5, 0.6) is 0 Å². The third-order valence-corrected chi connectivity index (χ3v) is 2.92. The van der Waals surface area contributed by atoms with Gasteiger partial charge in [0.15, 0.2) is 0 Å². The molecule has 0 aromatic heterocycles. The fourth-order valence-electron chi connectivity index (χ4n) is 1.64. The molecular weight excluding hydrogens is 236 g/mol. The second-order valence-electron chi connectivity index (χ2n) is 4.02. The maximum atomic E-state index is 11.6. The molecule has 3 nitrogen and oxygen atoms in total. The molecule has 0 unspecified atom stereocenters. The van der Waals surface area contributed by atoms with Crippen molar-refractivity contribution >= 4 is 17.5 Å². The summed E-state index contributed by atoms with van der Waals surface area (Å²) in [5.74, 6) is 0.0627. The zero-order chi connectivity index (χ0) is 12.7. The van der Waals surface area contributed by atoms with Crippen molar-refractivity contribution in [3.63, 3.8) is 0 Å². The highest BCUT2D eigenvalue weighted by Gasteiger charge is 2.11. The van der Waals surface area contributed by atoms with Crippen LogP contribution < -0.4 is 10.6 Å². The zero-order valence-corrected chi connectivity index (χ0v) is 11.1. The van der Waals surface area contributed by atoms with Gasteiger partial charge >= 0.3 is 0 Å². The van der Waals surface area contributed by atoms with E-state index in [1.165, 1.54) is 0 Å². The summed E-state index contributed by atoms with van der Waals surface area (Å²) in [6.07, 6.45) is 1.38. The van der Waals surface area contributed by atoms with Gasteiger partial charge in [0.05, 0.1) is 6.04 Å². The standard InChI is InChI=1S/C13H19ClN2O/c1-10(11-6-3-4-7-12(11)14)16-13(17)8-5-9-15-2/h3-4,6-7,10,15H,5,8-9H2,1-2H3,(H,16,17)/t10-/m0/s1. The van der Waals surface area contributed by atoms with Crippen molar-refractivity contribution in [2.45, 2.75) is 25.8 Å². The van der Waals surface area contributed by atoms with Crippen molar-refractivity contribution in [2.75, 3.05) is 13.6 Å². The Morgan fingerprint density at radius 2 is 2.12 bits per heavy atom. The van der Waals surface area contributed by atoms with Gasteiger partial charge in [0.1, 0.15) is 0 Å². The highest BCUT2D eigenvalue weighted by atomic mass is 35.5. The molecule has 0 fully saturated rings. The quantitative estimate of drug-likeness (QED) is 0.766. The predicted molar refractivity (Wildman–Crippen MR) is 71.2 cm³/mol. The maximum Gasteiger partial charge on any atom is 0.220 e. The first-order valence-electron chi connectivity index (χ1n) is 5.83. The number of carbonyl (C=O) groups is 1. The minimum atomic E-state index is -0.0502. The van der Waals surface area contributed by atoms with Crippen LogP contribution in [-0.4, -0.2) is 19.5 Å². The Bertz CT molecular complexity index is 368. The number of hydrogen-bond acceptors (Lipinski definition) is 2. The fraction of sp³-hybridized carbons (Fsp3) is 0.462. The monoisotopic (exact) mass is 254 g/mol. The number of hydrogen-bond donors (Lipinski definition) is 2. The van der Waals surface area contributed by atoms with Gasteiger partial charge in [-0.1, -0.05) is 29.8 Å². The molecule has 0 aliphatic carbocycles. The Morgan fingerprint density at radius 3 is 2.76 bits per heavy atom. The summed E-state index contributed by atoms with van der Waals surface area (Å²) in [6, 6.07) is 7.52. The molecule has 0 bridgehead atoms. The molecule has 0 radical (unpaired) electrons. The summed E-state index contributed by atoms with van der Waals surface area (Å²) in [5, 5.41) is 6.65. The van der Waals surface area contributed by atoms with Crippen molar-refractivity contribution in [1.82, 2.24) is 10.6 Å². The first-order valence-corrected chi connectivity index (χ1v) is 6.21. The lowest BCUT2D eigenvalue weighted by atomic mass is 10.1. The third kappa shape index (κ3) is 4.75. The van der Waals surface area contributed by atoms with E-state index in [1.807, 2.05) is 38.2 Å². The zero-order valence-electron chi connectivity index (χ0n) is 10.3. The average Bonchev–Trinajstić information content (AvgIpc) is 2.29. The molecule has 17 heavy (non-hydrogen) atoms. The van der Waals surface area contributed by atoms with Gasteiger partial charge in [-0.2, -0.15) is 0 Å². The minimum Gasteiger partial charge on any atom is -0.350 e. The summed E-state index contributed by atoms with van der Waals surface area (Å²) in [6.45, 7) is 2.80. The molecule has 94 valence electrons. The molecule has 0 saturated carbocycles. The Labute approximate surface area is 108 Å². The Kier molecular flexibility index (Phi) is 6.01. The van der Waals surface area contributed by atoms with Crippen LogP contribution in [0.4, 0.5) is 0 Å². The molecule has 4 heteroatoms. The van der Waals surface area contributed by atoms with Gasteiger partial charge in [0.25, 0.3) is 0 Å². The van der Waals surface area contributed by atoms with E-state index in [9.17, 15) is 4.79 Å². The van der Waals surface area contributed by atoms with E-state index in [0.717, 1.165) is 18.5 Å². The highest BCUT2D eigenvalue weighted by Crippen LogP contribution is 2.22. The molecule has 0 aliphatic heterocycles. The molecular formula is C13H19ClN2O. The van der Waals surface area contributed by atoms with Crippen LogP contribution in [0.2, 0.25) is 5.02 Å². The van der Waals surface area contributed by atoms with Crippen molar-refractivity contribution in [3.05, 3.63) is 34.9 Å². The van der Waals surface area contributed by atoms with E-state index in [1.54, 1.807) is 0 Å². The Morgan fingerprint density at radius 1 is 1.41 bits per heavy atom. The summed E-state index contributed by atoms with van der Waals surface area (Å²) in [7, 11) is 1.88. The number of carbonyl (C=O) groups excluding carboxylic acids is 1. The molecule has 2 N–H and O–H groups in total. The second kappa shape index (κ2) is 7.30. The van der Waals surface area contributed by atoms with Gasteiger partial charge < -0.3 is 10.6 Å². The van der Waals surface area contributed by atoms with Crippen LogP contribution in [0, 0.1) is 0 Å². The minimum absolute atomic E-state index is 0.0502. The number of amides is 1. The lowest BCUT2D eigenvalue weighted by Crippen LogP contribution is -2.27. The van der Waals surface area contributed by atoms with Crippen molar-refractivity contribution in [3.8, 4) is 0 Å². The Hall–Kier alpha value is -1.06. The normalized spacial score (nSPS) is 12.2. The van der Waals surface area contributed by atoms with Crippen LogP contribution in [0.1, 0.15) is 31.4 Å². The number of halogens is 1. The molecule has 1 aromatic carbocycles. The van der Waals surface area contributed by atoms with Crippen molar-refractivity contribution < 1.29 is 4.79 Å². The van der Waals surface area contributed by atoms with Gasteiger partial charge in [0.2, 0.25) is 5.91 Å². The van der Waals surface area contributed by atoms with Gasteiger partial charge in [-0.05, 0) is 38.6 Å². The lowest BCUT2D eigenvalue weighted by Gasteiger charge is -2.15. The van der Waals surface area contributed by atoms with Crippen LogP contribution in [-0.2, 0) is 4.79 Å². The van der Waals surface area contributed by atoms with E-state index in [0.29, 0.717) is 11.4 Å². The molecule has 0 heterocycles. The predicted octanol–water partition coefficient (Wildman–Crippen LogP) is 2.52. The molecule has 1 amide bonds. The molecule has 1 rings (SSSR count). The summed E-state index contributed by atoms with van der Waals surface area (Å²) in [4.78, 5) is 11.6. The van der Waals surface area contributed by atoms with Gasteiger partial charge in [-0.3, -0.25) is 4.79 Å². The van der Waals surface area contributed by atoms with Gasteiger partial charge in [0, 0.05) is 11.4 Å². The van der Waals surface area contributed by atoms with E-state index < -0.39 is 0 Å². The smallest absolute Gasteiger partial charge is 0.220 e. The lowest BCUT2D eigenvalue weighted by molar-refractivity contribution is -0.121. The van der Waals surface area contributed by atoms with Gasteiger partial charge in [-0.25, -0.2) is 0 Å². The average molecular weight is 255 g/mol. The van der Waals surface area contributed by atoms with Crippen LogP contribution in [0.15, 0.2) is 24.3 Å². The SMILES string of the molecule is CNCCCC(=O)N[C@@H](C)c1ccccc1Cl. The van der Waals surface area contributed by atoms with E-state index in [2.05, 4.69) is 10.6 Å². The molecule has 1 aromatic rings. The van der Waals surface area contributed by atoms with E-state index in [4.69, 9.17) is 11.6 Å². The van der Waals surface area contributed by atoms with E-state index in [-0.39, 0.29) is 11.9 Å². The van der Waals surface area contributed by atoms with Crippen LogP contribution in [0.25, 0.3) is 0 Å². The fourth-order valence-corrected chi connectivity index (χ4v) is 1.94. The molecule has 1 atom stereocenters. The van der Waals surface area contributed by atoms with Crippen molar-refractivity contribution in [1.29, 1.82) is 0 Å². The molecule has 0 spiro atoms. The Balaban J connectivity index is 2.46. The van der Waals surface area contributed by atoms with Crippen LogP contribution in [0.3, 0.4) is 0 Å². The van der Waals surface area contributed by atoms with Crippen LogP contribution >= 0.6 is 11.6 Å². The molecule has 0 aliphatic rings. The van der Waals surface area contributed by atoms with Gasteiger partial charge in [-0.15, -0.1) is 0 Å². The number of rotatable bonds is 6. The number of benzene rings is 1. The third-order valence-electron chi connectivity index (χ3n) is 2.58. The van der Waals surface area contributed by atoms with E-state index >= 15 is 0 Å².